The molecule has 0 fully saturated rings. The van der Waals surface area contributed by atoms with E-state index in [9.17, 15) is 4.79 Å². The molecule has 74 valence electrons. The Hall–Kier alpha value is -1.32. The van der Waals surface area contributed by atoms with Crippen LogP contribution in [0.25, 0.3) is 6.08 Å². The first-order valence-electron chi connectivity index (χ1n) is 3.99. The van der Waals surface area contributed by atoms with E-state index in [1.54, 1.807) is 18.2 Å². The van der Waals surface area contributed by atoms with Crippen LogP contribution in [0, 0.1) is 0 Å². The van der Waals surface area contributed by atoms with E-state index in [1.807, 2.05) is 12.1 Å². The maximum absolute atomic E-state index is 10.9. The van der Waals surface area contributed by atoms with Crippen molar-refractivity contribution in [2.24, 2.45) is 0 Å². The highest BCUT2D eigenvalue weighted by molar-refractivity contribution is 6.30. The van der Waals surface area contributed by atoms with Crippen molar-refractivity contribution in [2.45, 2.75) is 0 Å². The molecule has 0 bridgehead atoms. The van der Waals surface area contributed by atoms with Crippen molar-refractivity contribution in [1.29, 1.82) is 0 Å². The smallest absolute Gasteiger partial charge is 0.267 e. The second-order valence-electron chi connectivity index (χ2n) is 2.56. The Morgan fingerprint density at radius 1 is 1.57 bits per heavy atom. The number of halogens is 1. The Balaban J connectivity index is 2.64. The third-order valence-electron chi connectivity index (χ3n) is 1.48. The molecule has 0 aromatic heterocycles. The summed E-state index contributed by atoms with van der Waals surface area (Å²) in [5.74, 6) is -0.313. The van der Waals surface area contributed by atoms with Crippen molar-refractivity contribution in [1.82, 2.24) is 5.48 Å². The maximum Gasteiger partial charge on any atom is 0.267 e. The third kappa shape index (κ3) is 3.60. The van der Waals surface area contributed by atoms with Gasteiger partial charge in [-0.15, -0.1) is 0 Å². The van der Waals surface area contributed by atoms with Crippen molar-refractivity contribution < 1.29 is 9.63 Å². The van der Waals surface area contributed by atoms with Crippen LogP contribution in [-0.4, -0.2) is 13.0 Å². The molecular formula is C10H10ClNO2. The third-order valence-corrected chi connectivity index (χ3v) is 1.71. The molecule has 1 N–H and O–H groups in total. The Kier molecular flexibility index (Phi) is 4.16. The molecule has 0 saturated carbocycles. The number of rotatable bonds is 3. The lowest BCUT2D eigenvalue weighted by Crippen LogP contribution is -2.18. The first-order valence-corrected chi connectivity index (χ1v) is 4.37. The quantitative estimate of drug-likeness (QED) is 0.614. The molecule has 0 aliphatic heterocycles. The van der Waals surface area contributed by atoms with E-state index in [0.717, 1.165) is 5.56 Å². The summed E-state index contributed by atoms with van der Waals surface area (Å²) in [6.45, 7) is 0. The number of nitrogens with one attached hydrogen (secondary N) is 1. The topological polar surface area (TPSA) is 38.3 Å². The summed E-state index contributed by atoms with van der Waals surface area (Å²) >= 11 is 5.76. The first-order chi connectivity index (χ1) is 6.72. The van der Waals surface area contributed by atoms with Crippen LogP contribution in [-0.2, 0) is 9.63 Å². The van der Waals surface area contributed by atoms with Crippen LogP contribution >= 0.6 is 11.6 Å². The molecule has 0 saturated heterocycles. The van der Waals surface area contributed by atoms with Crippen LogP contribution in [0.5, 0.6) is 0 Å². The van der Waals surface area contributed by atoms with Crippen molar-refractivity contribution in [3.63, 3.8) is 0 Å². The van der Waals surface area contributed by atoms with E-state index in [0.29, 0.717) is 5.02 Å². The minimum Gasteiger partial charge on any atom is -0.277 e. The molecule has 0 unspecified atom stereocenters. The van der Waals surface area contributed by atoms with Crippen LogP contribution < -0.4 is 5.48 Å². The molecule has 4 heteroatoms. The molecule has 1 amide bonds. The van der Waals surface area contributed by atoms with Gasteiger partial charge in [0.1, 0.15) is 0 Å². The van der Waals surface area contributed by atoms with Gasteiger partial charge in [-0.3, -0.25) is 9.63 Å². The van der Waals surface area contributed by atoms with E-state index in [-0.39, 0.29) is 5.91 Å². The second kappa shape index (κ2) is 5.42. The number of hydroxylamine groups is 1. The van der Waals surface area contributed by atoms with Gasteiger partial charge in [-0.2, -0.15) is 0 Å². The predicted molar refractivity (Wildman–Crippen MR) is 55.6 cm³/mol. The Labute approximate surface area is 87.3 Å². The molecule has 0 spiro atoms. The number of hydrogen-bond donors (Lipinski definition) is 1. The fraction of sp³-hybridized carbons (Fsp3) is 0.100. The fourth-order valence-electron chi connectivity index (χ4n) is 0.917. The Morgan fingerprint density at radius 3 is 3.00 bits per heavy atom. The van der Waals surface area contributed by atoms with Gasteiger partial charge in [0, 0.05) is 11.1 Å². The van der Waals surface area contributed by atoms with Crippen molar-refractivity contribution in [2.75, 3.05) is 7.11 Å². The summed E-state index contributed by atoms with van der Waals surface area (Å²) in [5.41, 5.74) is 3.04. The van der Waals surface area contributed by atoms with Crippen molar-refractivity contribution in [3.05, 3.63) is 40.9 Å². The standard InChI is InChI=1S/C10H10ClNO2/c1-14-12-10(13)6-5-8-3-2-4-9(11)7-8/h2-7H,1H3,(H,12,13)/b6-5+. The van der Waals surface area contributed by atoms with Gasteiger partial charge in [0.15, 0.2) is 0 Å². The van der Waals surface area contributed by atoms with Crippen LogP contribution in [0.2, 0.25) is 5.02 Å². The maximum atomic E-state index is 10.9. The van der Waals surface area contributed by atoms with Crippen molar-refractivity contribution >= 4 is 23.6 Å². The number of carbonyl (C=O) groups is 1. The lowest BCUT2D eigenvalue weighted by Gasteiger charge is -1.96. The van der Waals surface area contributed by atoms with E-state index in [2.05, 4.69) is 10.3 Å². The van der Waals surface area contributed by atoms with Gasteiger partial charge in [0.25, 0.3) is 5.91 Å². The molecule has 3 nitrogen and oxygen atoms in total. The average Bonchev–Trinajstić information content (AvgIpc) is 2.15. The monoisotopic (exact) mass is 211 g/mol. The lowest BCUT2D eigenvalue weighted by molar-refractivity contribution is -0.126. The molecule has 0 heterocycles. The zero-order chi connectivity index (χ0) is 10.4. The zero-order valence-corrected chi connectivity index (χ0v) is 8.41. The summed E-state index contributed by atoms with van der Waals surface area (Å²) in [6, 6.07) is 7.20. The van der Waals surface area contributed by atoms with E-state index in [4.69, 9.17) is 11.6 Å². The molecule has 1 aromatic rings. The number of benzene rings is 1. The van der Waals surface area contributed by atoms with Gasteiger partial charge in [-0.1, -0.05) is 23.7 Å². The largest absolute Gasteiger partial charge is 0.277 e. The lowest BCUT2D eigenvalue weighted by atomic mass is 10.2. The van der Waals surface area contributed by atoms with Gasteiger partial charge < -0.3 is 0 Å². The summed E-state index contributed by atoms with van der Waals surface area (Å²) in [7, 11) is 1.38. The van der Waals surface area contributed by atoms with Crippen molar-refractivity contribution in [3.8, 4) is 0 Å². The van der Waals surface area contributed by atoms with E-state index >= 15 is 0 Å². The zero-order valence-electron chi connectivity index (χ0n) is 7.66. The highest BCUT2D eigenvalue weighted by Crippen LogP contribution is 2.11. The van der Waals surface area contributed by atoms with E-state index < -0.39 is 0 Å². The van der Waals surface area contributed by atoms with Crippen LogP contribution in [0.15, 0.2) is 30.3 Å². The highest BCUT2D eigenvalue weighted by atomic mass is 35.5. The summed E-state index contributed by atoms with van der Waals surface area (Å²) in [6.07, 6.45) is 3.02. The molecular weight excluding hydrogens is 202 g/mol. The summed E-state index contributed by atoms with van der Waals surface area (Å²) < 4.78 is 0. The highest BCUT2D eigenvalue weighted by Gasteiger charge is 1.93. The van der Waals surface area contributed by atoms with Crippen LogP contribution in [0.3, 0.4) is 0 Å². The Bertz CT molecular complexity index is 350. The molecule has 0 atom stereocenters. The predicted octanol–water partition coefficient (Wildman–Crippen LogP) is 2.03. The normalized spacial score (nSPS) is 10.4. The molecule has 0 aliphatic carbocycles. The molecule has 14 heavy (non-hydrogen) atoms. The number of hydrogen-bond acceptors (Lipinski definition) is 2. The van der Waals surface area contributed by atoms with Gasteiger partial charge in [-0.05, 0) is 23.8 Å². The molecule has 0 radical (unpaired) electrons. The minimum atomic E-state index is -0.313. The molecule has 1 aromatic carbocycles. The SMILES string of the molecule is CONC(=O)/C=C/c1cccc(Cl)c1. The van der Waals surface area contributed by atoms with Gasteiger partial charge in [-0.25, -0.2) is 5.48 Å². The van der Waals surface area contributed by atoms with Gasteiger partial charge >= 0.3 is 0 Å². The van der Waals surface area contributed by atoms with Gasteiger partial charge in [0.2, 0.25) is 0 Å². The van der Waals surface area contributed by atoms with Crippen LogP contribution in [0.1, 0.15) is 5.56 Å². The molecule has 1 rings (SSSR count). The number of amides is 1. The second-order valence-corrected chi connectivity index (χ2v) is 3.00. The van der Waals surface area contributed by atoms with Gasteiger partial charge in [0.05, 0.1) is 7.11 Å². The summed E-state index contributed by atoms with van der Waals surface area (Å²) in [4.78, 5) is 15.4. The first kappa shape index (κ1) is 10.8. The average molecular weight is 212 g/mol. The fourth-order valence-corrected chi connectivity index (χ4v) is 1.12. The van der Waals surface area contributed by atoms with E-state index in [1.165, 1.54) is 13.2 Å². The van der Waals surface area contributed by atoms with Crippen LogP contribution in [0.4, 0.5) is 0 Å². The molecule has 0 aliphatic rings. The minimum absolute atomic E-state index is 0.313. The Morgan fingerprint density at radius 2 is 2.36 bits per heavy atom. The number of carbonyl (C=O) groups excluding carboxylic acids is 1. The summed E-state index contributed by atoms with van der Waals surface area (Å²) in [5, 5.41) is 0.638.